The molecule has 1 atom stereocenters. The van der Waals surface area contributed by atoms with Gasteiger partial charge in [0, 0.05) is 30.3 Å². The highest BCUT2D eigenvalue weighted by Gasteiger charge is 2.49. The van der Waals surface area contributed by atoms with Gasteiger partial charge in [-0.15, -0.1) is 0 Å². The lowest BCUT2D eigenvalue weighted by Crippen LogP contribution is -2.53. The molecule has 174 valence electrons. The zero-order valence-corrected chi connectivity index (χ0v) is 19.9. The molecule has 0 bridgehead atoms. The van der Waals surface area contributed by atoms with Gasteiger partial charge in [0.1, 0.15) is 18.1 Å². The van der Waals surface area contributed by atoms with Crippen molar-refractivity contribution >= 4 is 66.1 Å². The lowest BCUT2D eigenvalue weighted by atomic mass is 9.34. The van der Waals surface area contributed by atoms with Crippen LogP contribution in [0.1, 0.15) is 19.3 Å². The minimum atomic E-state index is -1.71. The molecule has 2 saturated heterocycles. The third-order valence-electron chi connectivity index (χ3n) is 7.13. The second-order valence-corrected chi connectivity index (χ2v) is 9.69. The number of hydrogen-bond donors (Lipinski definition) is 1. The van der Waals surface area contributed by atoms with E-state index in [2.05, 4.69) is 15.3 Å². The van der Waals surface area contributed by atoms with E-state index in [1.807, 2.05) is 30.3 Å². The predicted molar refractivity (Wildman–Crippen MR) is 144 cm³/mol. The number of benzene rings is 1. The number of rotatable bonds is 4. The Kier molecular flexibility index (Phi) is 5.40. The lowest BCUT2D eigenvalue weighted by molar-refractivity contribution is -0.118. The molecule has 2 aromatic heterocycles. The molecule has 0 saturated carbocycles. The van der Waals surface area contributed by atoms with E-state index < -0.39 is 10.6 Å². The maximum atomic E-state index is 12.5. The van der Waals surface area contributed by atoms with Crippen LogP contribution in [0.5, 0.6) is 5.88 Å². The molecule has 1 aromatic carbocycles. The summed E-state index contributed by atoms with van der Waals surface area (Å²) >= 11 is 0. The average Bonchev–Trinajstić information content (AvgIpc) is 3.32. The molecule has 0 spiro atoms. The molecule has 3 aliphatic rings. The van der Waals surface area contributed by atoms with E-state index >= 15 is 0 Å². The van der Waals surface area contributed by atoms with Crippen LogP contribution in [0.2, 0.25) is 5.21 Å². The molecular formula is C25H19B4N5O3. The van der Waals surface area contributed by atoms with Crippen LogP contribution in [0.3, 0.4) is 0 Å². The van der Waals surface area contributed by atoms with Crippen molar-refractivity contribution in [2.45, 2.75) is 35.9 Å². The number of aromatic nitrogens is 2. The molecule has 3 aliphatic heterocycles. The van der Waals surface area contributed by atoms with E-state index in [9.17, 15) is 9.59 Å². The first-order chi connectivity index (χ1) is 17.6. The first-order valence-corrected chi connectivity index (χ1v) is 11.9. The van der Waals surface area contributed by atoms with Gasteiger partial charge in [-0.05, 0) is 47.7 Å². The summed E-state index contributed by atoms with van der Waals surface area (Å²) in [6.45, 7) is 0.469. The molecular weight excluding hydrogens is 462 g/mol. The number of carbonyl (C=O) groups excluding carboxylic acids is 2. The van der Waals surface area contributed by atoms with Gasteiger partial charge in [-0.25, -0.2) is 9.97 Å². The van der Waals surface area contributed by atoms with Crippen LogP contribution in [0.15, 0.2) is 54.9 Å². The van der Waals surface area contributed by atoms with Crippen LogP contribution in [0.25, 0.3) is 11.1 Å². The fraction of sp³-hybridized carbons (Fsp3) is 0.280. The molecule has 0 aliphatic carbocycles. The van der Waals surface area contributed by atoms with Crippen LogP contribution in [0, 0.1) is 0 Å². The number of anilines is 4. The highest BCUT2D eigenvalue weighted by molar-refractivity contribution is 6.58. The summed E-state index contributed by atoms with van der Waals surface area (Å²) in [5, 5.41) is -0.0147. The third-order valence-corrected chi connectivity index (χ3v) is 7.13. The first kappa shape index (κ1) is 23.7. The Morgan fingerprint density at radius 2 is 1.70 bits per heavy atom. The lowest BCUT2D eigenvalue weighted by Gasteiger charge is -2.43. The van der Waals surface area contributed by atoms with Crippen molar-refractivity contribution in [3.8, 4) is 17.0 Å². The standard InChI is InChI=1S/C25H19B4N5O3/c26-24(27)10-22(36)34(25(24,28)29)17-4-1-14(2-5-17)15-3-7-20(30-11-15)32-16-9-19-23(31-12-16)37-13-18-6-8-21(35)33(18)19/h1-5,7,9,11-12,18H,6,8,10,13H2,(H,30,32)/t18-/m0/s1. The zero-order chi connectivity index (χ0) is 25.9. The average molecular weight is 481 g/mol. The summed E-state index contributed by atoms with van der Waals surface area (Å²) in [5.41, 5.74) is 3.63. The molecule has 8 radical (unpaired) electrons. The number of amides is 2. The number of nitrogens with zero attached hydrogens (tertiary/aromatic N) is 4. The van der Waals surface area contributed by atoms with Crippen molar-refractivity contribution in [1.82, 2.24) is 9.97 Å². The maximum Gasteiger partial charge on any atom is 0.238 e. The molecule has 12 heteroatoms. The van der Waals surface area contributed by atoms with E-state index in [0.29, 0.717) is 41.8 Å². The SMILES string of the molecule is [B]C1([B])CC(=O)N(c2ccc(-c3ccc(Nc4cnc5c(c4)N4C(=O)CC[C@H]4CO5)nc3)cc2)C1([B])[B]. The Morgan fingerprint density at radius 3 is 2.38 bits per heavy atom. The van der Waals surface area contributed by atoms with E-state index in [0.717, 1.165) is 17.5 Å². The van der Waals surface area contributed by atoms with Crippen LogP contribution in [-0.2, 0) is 9.59 Å². The Hall–Kier alpha value is -3.68. The first-order valence-electron chi connectivity index (χ1n) is 11.9. The van der Waals surface area contributed by atoms with Gasteiger partial charge in [-0.3, -0.25) is 9.59 Å². The number of fused-ring (bicyclic) bond motifs is 3. The number of nitrogens with one attached hydrogen (secondary N) is 1. The summed E-state index contributed by atoms with van der Waals surface area (Å²) in [7, 11) is 24.1. The number of ether oxygens (including phenoxy) is 1. The van der Waals surface area contributed by atoms with Gasteiger partial charge >= 0.3 is 0 Å². The minimum absolute atomic E-state index is 0.0590. The second kappa shape index (κ2) is 8.43. The number of carbonyl (C=O) groups is 2. The molecule has 0 unspecified atom stereocenters. The van der Waals surface area contributed by atoms with E-state index in [4.69, 9.17) is 36.1 Å². The zero-order valence-electron chi connectivity index (χ0n) is 19.9. The summed E-state index contributed by atoms with van der Waals surface area (Å²) < 4.78 is 5.73. The van der Waals surface area contributed by atoms with Crippen molar-refractivity contribution in [2.75, 3.05) is 21.7 Å². The van der Waals surface area contributed by atoms with Crippen LogP contribution in [0.4, 0.5) is 22.9 Å². The summed E-state index contributed by atoms with van der Waals surface area (Å²) in [6, 6.07) is 12.8. The monoisotopic (exact) mass is 481 g/mol. The van der Waals surface area contributed by atoms with Gasteiger partial charge in [0.2, 0.25) is 17.7 Å². The molecule has 3 aromatic rings. The van der Waals surface area contributed by atoms with Gasteiger partial charge in [0.15, 0.2) is 0 Å². The Balaban J connectivity index is 1.18. The largest absolute Gasteiger partial charge is 0.474 e. The predicted octanol–water partition coefficient (Wildman–Crippen LogP) is 1.96. The summed E-state index contributed by atoms with van der Waals surface area (Å²) in [4.78, 5) is 36.7. The van der Waals surface area contributed by atoms with Crippen LogP contribution >= 0.6 is 0 Å². The third kappa shape index (κ3) is 3.90. The van der Waals surface area contributed by atoms with Gasteiger partial charge in [-0.1, -0.05) is 17.3 Å². The fourth-order valence-corrected chi connectivity index (χ4v) is 5.03. The quantitative estimate of drug-likeness (QED) is 0.575. The highest BCUT2D eigenvalue weighted by atomic mass is 16.5. The van der Waals surface area contributed by atoms with Gasteiger partial charge in [-0.2, -0.15) is 0 Å². The van der Waals surface area contributed by atoms with Crippen molar-refractivity contribution in [1.29, 1.82) is 0 Å². The van der Waals surface area contributed by atoms with Gasteiger partial charge in [0.05, 0.1) is 49.3 Å². The fourth-order valence-electron chi connectivity index (χ4n) is 5.03. The molecule has 6 rings (SSSR count). The molecule has 37 heavy (non-hydrogen) atoms. The molecule has 2 amide bonds. The van der Waals surface area contributed by atoms with Gasteiger partial charge in [0.25, 0.3) is 0 Å². The van der Waals surface area contributed by atoms with Crippen molar-refractivity contribution in [3.05, 3.63) is 54.9 Å². The Bertz CT molecular complexity index is 1400. The Labute approximate surface area is 219 Å². The molecule has 1 N–H and O–H groups in total. The van der Waals surface area contributed by atoms with Crippen molar-refractivity contribution in [3.63, 3.8) is 0 Å². The smallest absolute Gasteiger partial charge is 0.238 e. The van der Waals surface area contributed by atoms with E-state index in [1.165, 1.54) is 4.90 Å². The molecule has 5 heterocycles. The maximum absolute atomic E-state index is 12.5. The van der Waals surface area contributed by atoms with Crippen LogP contribution < -0.4 is 19.9 Å². The minimum Gasteiger partial charge on any atom is -0.474 e. The second-order valence-electron chi connectivity index (χ2n) is 9.69. The van der Waals surface area contributed by atoms with E-state index in [-0.39, 0.29) is 24.3 Å². The highest BCUT2D eigenvalue weighted by Crippen LogP contribution is 2.46. The molecule has 2 fully saturated rings. The van der Waals surface area contributed by atoms with Gasteiger partial charge < -0.3 is 19.9 Å². The number of hydrogen-bond acceptors (Lipinski definition) is 6. The van der Waals surface area contributed by atoms with E-state index in [1.54, 1.807) is 29.4 Å². The number of pyridine rings is 2. The Morgan fingerprint density at radius 1 is 0.946 bits per heavy atom. The van der Waals surface area contributed by atoms with Crippen molar-refractivity contribution < 1.29 is 14.3 Å². The van der Waals surface area contributed by atoms with Crippen molar-refractivity contribution in [2.24, 2.45) is 0 Å². The normalized spacial score (nSPS) is 21.4. The topological polar surface area (TPSA) is 87.7 Å². The summed E-state index contributed by atoms with van der Waals surface area (Å²) in [5.74, 6) is 0.825. The summed E-state index contributed by atoms with van der Waals surface area (Å²) in [6.07, 6.45) is 4.54. The molecule has 8 nitrogen and oxygen atoms in total. The van der Waals surface area contributed by atoms with Crippen LogP contribution in [-0.4, -0.2) is 71.2 Å².